The standard InChI is InChI=1S/C18H30N2O/c1-5-19-18(16-9-11-17(21-4)12-10-16)14(2)20(3)13-15-7-6-8-15/h9-12,14-15,18-19H,5-8,13H2,1-4H3. The molecule has 1 fully saturated rings. The van der Waals surface area contributed by atoms with Crippen LogP contribution in [0.5, 0.6) is 5.75 Å². The zero-order valence-electron chi connectivity index (χ0n) is 13.9. The van der Waals surface area contributed by atoms with Crippen molar-refractivity contribution >= 4 is 0 Å². The molecule has 1 aromatic rings. The molecule has 2 atom stereocenters. The Morgan fingerprint density at radius 2 is 1.95 bits per heavy atom. The van der Waals surface area contributed by atoms with Gasteiger partial charge in [0, 0.05) is 18.6 Å². The van der Waals surface area contributed by atoms with E-state index in [2.05, 4.69) is 55.4 Å². The van der Waals surface area contributed by atoms with Gasteiger partial charge >= 0.3 is 0 Å². The summed E-state index contributed by atoms with van der Waals surface area (Å²) in [7, 11) is 3.97. The normalized spacial score (nSPS) is 18.3. The van der Waals surface area contributed by atoms with E-state index < -0.39 is 0 Å². The minimum Gasteiger partial charge on any atom is -0.497 e. The molecule has 0 aliphatic heterocycles. The van der Waals surface area contributed by atoms with Crippen molar-refractivity contribution in [3.63, 3.8) is 0 Å². The summed E-state index contributed by atoms with van der Waals surface area (Å²) in [5.41, 5.74) is 1.34. The summed E-state index contributed by atoms with van der Waals surface area (Å²) in [6.45, 7) is 6.71. The van der Waals surface area contributed by atoms with Gasteiger partial charge in [-0.3, -0.25) is 0 Å². The van der Waals surface area contributed by atoms with Gasteiger partial charge in [0.15, 0.2) is 0 Å². The van der Waals surface area contributed by atoms with Crippen LogP contribution in [0.4, 0.5) is 0 Å². The zero-order valence-corrected chi connectivity index (χ0v) is 13.9. The van der Waals surface area contributed by atoms with Crippen LogP contribution in [-0.4, -0.2) is 38.2 Å². The van der Waals surface area contributed by atoms with Gasteiger partial charge in [0.05, 0.1) is 7.11 Å². The van der Waals surface area contributed by atoms with Gasteiger partial charge in [-0.15, -0.1) is 0 Å². The third-order valence-corrected chi connectivity index (χ3v) is 4.85. The Morgan fingerprint density at radius 1 is 1.29 bits per heavy atom. The summed E-state index contributed by atoms with van der Waals surface area (Å²) in [6.07, 6.45) is 4.24. The van der Waals surface area contributed by atoms with Crippen molar-refractivity contribution in [2.24, 2.45) is 5.92 Å². The molecule has 0 spiro atoms. The quantitative estimate of drug-likeness (QED) is 0.793. The molecule has 1 aliphatic rings. The monoisotopic (exact) mass is 290 g/mol. The Morgan fingerprint density at radius 3 is 2.43 bits per heavy atom. The van der Waals surface area contributed by atoms with E-state index in [1.54, 1.807) is 7.11 Å². The second-order valence-corrected chi connectivity index (χ2v) is 6.29. The molecule has 0 saturated heterocycles. The second kappa shape index (κ2) is 7.81. The highest BCUT2D eigenvalue weighted by atomic mass is 16.5. The SMILES string of the molecule is CCNC(c1ccc(OC)cc1)C(C)N(C)CC1CCC1. The number of rotatable bonds is 8. The highest BCUT2D eigenvalue weighted by Gasteiger charge is 2.26. The van der Waals surface area contributed by atoms with Gasteiger partial charge in [-0.05, 0) is 57.0 Å². The van der Waals surface area contributed by atoms with Crippen LogP contribution in [0.2, 0.25) is 0 Å². The van der Waals surface area contributed by atoms with Crippen LogP contribution in [0, 0.1) is 5.92 Å². The number of likely N-dealkylation sites (N-methyl/N-ethyl adjacent to an activating group) is 2. The fourth-order valence-corrected chi connectivity index (χ4v) is 3.10. The average molecular weight is 290 g/mol. The van der Waals surface area contributed by atoms with Crippen molar-refractivity contribution in [1.29, 1.82) is 0 Å². The first-order valence-electron chi connectivity index (χ1n) is 8.23. The molecule has 0 amide bonds. The van der Waals surface area contributed by atoms with E-state index in [1.165, 1.54) is 31.4 Å². The van der Waals surface area contributed by atoms with Gasteiger partial charge in [-0.2, -0.15) is 0 Å². The summed E-state index contributed by atoms with van der Waals surface area (Å²) in [4.78, 5) is 2.52. The van der Waals surface area contributed by atoms with Crippen molar-refractivity contribution in [2.45, 2.75) is 45.2 Å². The molecule has 0 radical (unpaired) electrons. The van der Waals surface area contributed by atoms with Gasteiger partial charge in [0.25, 0.3) is 0 Å². The predicted octanol–water partition coefficient (Wildman–Crippen LogP) is 3.47. The smallest absolute Gasteiger partial charge is 0.118 e. The molecule has 2 rings (SSSR count). The van der Waals surface area contributed by atoms with Crippen LogP contribution in [-0.2, 0) is 0 Å². The number of ether oxygens (including phenoxy) is 1. The van der Waals surface area contributed by atoms with Crippen molar-refractivity contribution in [2.75, 3.05) is 27.2 Å². The van der Waals surface area contributed by atoms with Crippen LogP contribution in [0.1, 0.15) is 44.7 Å². The van der Waals surface area contributed by atoms with Crippen LogP contribution in [0.3, 0.4) is 0 Å². The molecule has 21 heavy (non-hydrogen) atoms. The maximum absolute atomic E-state index is 5.26. The third-order valence-electron chi connectivity index (χ3n) is 4.85. The van der Waals surface area contributed by atoms with E-state index >= 15 is 0 Å². The molecule has 118 valence electrons. The summed E-state index contributed by atoms with van der Waals surface area (Å²) in [5, 5.41) is 3.64. The predicted molar refractivity (Wildman–Crippen MR) is 88.8 cm³/mol. The zero-order chi connectivity index (χ0) is 15.2. The number of nitrogens with zero attached hydrogens (tertiary/aromatic N) is 1. The average Bonchev–Trinajstić information content (AvgIpc) is 2.48. The molecule has 3 heteroatoms. The number of methoxy groups -OCH3 is 1. The summed E-state index contributed by atoms with van der Waals surface area (Å²) < 4.78 is 5.26. The molecular formula is C18H30N2O. The minimum absolute atomic E-state index is 0.367. The number of hydrogen-bond donors (Lipinski definition) is 1. The van der Waals surface area contributed by atoms with E-state index in [9.17, 15) is 0 Å². The van der Waals surface area contributed by atoms with Gasteiger partial charge in [0.1, 0.15) is 5.75 Å². The Kier molecular flexibility index (Phi) is 6.07. The molecule has 0 aromatic heterocycles. The first-order valence-corrected chi connectivity index (χ1v) is 8.23. The Bertz CT molecular complexity index is 414. The van der Waals surface area contributed by atoms with E-state index in [0.717, 1.165) is 18.2 Å². The molecule has 2 unspecified atom stereocenters. The largest absolute Gasteiger partial charge is 0.497 e. The Balaban J connectivity index is 2.04. The van der Waals surface area contributed by atoms with Gasteiger partial charge in [-0.25, -0.2) is 0 Å². The van der Waals surface area contributed by atoms with Crippen molar-refractivity contribution in [1.82, 2.24) is 10.2 Å². The molecule has 1 saturated carbocycles. The van der Waals surface area contributed by atoms with Crippen molar-refractivity contribution < 1.29 is 4.74 Å². The molecule has 3 nitrogen and oxygen atoms in total. The molecule has 1 N–H and O–H groups in total. The maximum atomic E-state index is 5.26. The fourth-order valence-electron chi connectivity index (χ4n) is 3.10. The lowest BCUT2D eigenvalue weighted by atomic mass is 9.84. The third kappa shape index (κ3) is 4.21. The number of nitrogens with one attached hydrogen (secondary N) is 1. The molecule has 1 aliphatic carbocycles. The van der Waals surface area contributed by atoms with Gasteiger partial charge < -0.3 is 15.0 Å². The highest BCUT2D eigenvalue weighted by Crippen LogP contribution is 2.29. The molecular weight excluding hydrogens is 260 g/mol. The second-order valence-electron chi connectivity index (χ2n) is 6.29. The highest BCUT2D eigenvalue weighted by molar-refractivity contribution is 5.29. The lowest BCUT2D eigenvalue weighted by Gasteiger charge is -2.37. The van der Waals surface area contributed by atoms with Crippen molar-refractivity contribution in [3.05, 3.63) is 29.8 Å². The number of hydrogen-bond acceptors (Lipinski definition) is 3. The molecule has 0 bridgehead atoms. The first kappa shape index (κ1) is 16.3. The van der Waals surface area contributed by atoms with Gasteiger partial charge in [-0.1, -0.05) is 25.5 Å². The summed E-state index contributed by atoms with van der Waals surface area (Å²) >= 11 is 0. The summed E-state index contributed by atoms with van der Waals surface area (Å²) in [6, 6.07) is 9.32. The van der Waals surface area contributed by atoms with Crippen molar-refractivity contribution in [3.8, 4) is 5.75 Å². The minimum atomic E-state index is 0.367. The summed E-state index contributed by atoms with van der Waals surface area (Å²) in [5.74, 6) is 1.83. The van der Waals surface area contributed by atoms with Crippen LogP contribution < -0.4 is 10.1 Å². The van der Waals surface area contributed by atoms with E-state index in [0.29, 0.717) is 12.1 Å². The van der Waals surface area contributed by atoms with E-state index in [4.69, 9.17) is 4.74 Å². The maximum Gasteiger partial charge on any atom is 0.118 e. The molecule has 0 heterocycles. The van der Waals surface area contributed by atoms with E-state index in [-0.39, 0.29) is 0 Å². The Hall–Kier alpha value is -1.06. The first-order chi connectivity index (χ1) is 10.2. The van der Waals surface area contributed by atoms with Crippen LogP contribution >= 0.6 is 0 Å². The van der Waals surface area contributed by atoms with Crippen LogP contribution in [0.15, 0.2) is 24.3 Å². The van der Waals surface area contributed by atoms with Gasteiger partial charge in [0.2, 0.25) is 0 Å². The fraction of sp³-hybridized carbons (Fsp3) is 0.667. The lowest BCUT2D eigenvalue weighted by Crippen LogP contribution is -2.43. The number of benzene rings is 1. The Labute approximate surface area is 129 Å². The lowest BCUT2D eigenvalue weighted by molar-refractivity contribution is 0.145. The van der Waals surface area contributed by atoms with Crippen LogP contribution in [0.25, 0.3) is 0 Å². The molecule has 1 aromatic carbocycles. The topological polar surface area (TPSA) is 24.5 Å². The van der Waals surface area contributed by atoms with E-state index in [1.807, 2.05) is 0 Å².